The van der Waals surface area contributed by atoms with Crippen molar-refractivity contribution in [3.63, 3.8) is 0 Å². The molecule has 13 N–H and O–H groups in total. The van der Waals surface area contributed by atoms with E-state index >= 15 is 0 Å². The maximum absolute atomic E-state index is 12.7. The van der Waals surface area contributed by atoms with Crippen LogP contribution in [0.2, 0.25) is 20.2 Å². The minimum absolute atomic E-state index is 0.0904. The van der Waals surface area contributed by atoms with Crippen molar-refractivity contribution in [3.05, 3.63) is 218 Å². The van der Waals surface area contributed by atoms with E-state index in [-0.39, 0.29) is 47.2 Å². The summed E-state index contributed by atoms with van der Waals surface area (Å²) in [6.07, 6.45) is 2.62. The zero-order chi connectivity index (χ0) is 55.3. The molecule has 3 aromatic heterocycles. The standard InChI is InChI=1S/C19H18ClN5O3.C19H18ClN5O.C18H14Cl2N2O/c20-14-9-23-16(25-19(21)22)13-8-11(6-7-12(13)14)17(26)24-15(18(27)28)10-4-2-1-3-5-10;1-11(12-5-3-2-4-6-12)24-18(26)13-7-8-14-15(9-13)17(25-19(21)22)23-10-16(14)20;1-11(12-5-3-2-4-6-12)22-18(23)13-7-8-14-15(9-13)17(20)21-10-16(14)19/h1-9,15,18,27-28H,(H,24,26)(H4,21,22,23,25);2-11H,1H3,(H,24,26)(H4,21,22,23,25);2-11H,1H3,(H,22,23). The van der Waals surface area contributed by atoms with Crippen LogP contribution in [0, 0.1) is 0 Å². The second-order valence-electron chi connectivity index (χ2n) is 17.1. The number of aromatic nitrogens is 3. The lowest BCUT2D eigenvalue weighted by atomic mass is 10.0. The molecular formula is C56H50Cl4N12O5. The first kappa shape index (κ1) is 56.3. The van der Waals surface area contributed by atoms with Gasteiger partial charge < -0.3 is 49.1 Å². The number of hydrogen-bond donors (Lipinski definition) is 9. The Morgan fingerprint density at radius 1 is 0.455 bits per heavy atom. The highest BCUT2D eigenvalue weighted by molar-refractivity contribution is 6.39. The van der Waals surface area contributed by atoms with Gasteiger partial charge in [-0.3, -0.25) is 14.4 Å². The van der Waals surface area contributed by atoms with Crippen LogP contribution in [-0.2, 0) is 0 Å². The number of benzene rings is 6. The number of nitrogens with zero attached hydrogens (tertiary/aromatic N) is 5. The van der Waals surface area contributed by atoms with Gasteiger partial charge >= 0.3 is 0 Å². The summed E-state index contributed by atoms with van der Waals surface area (Å²) in [5.74, 6) is -0.657. The van der Waals surface area contributed by atoms with Gasteiger partial charge in [0.15, 0.2) is 29.8 Å². The van der Waals surface area contributed by atoms with E-state index in [9.17, 15) is 24.6 Å². The number of aliphatic imine (C=N–C) groups is 2. The molecule has 0 aliphatic carbocycles. The highest BCUT2D eigenvalue weighted by Crippen LogP contribution is 2.33. The number of rotatable bonds is 12. The summed E-state index contributed by atoms with van der Waals surface area (Å²) >= 11 is 24.6. The SMILES string of the molecule is CC(NC(=O)c1ccc2c(Cl)cnc(Cl)c2c1)c1ccccc1.CC(NC(=O)c1ccc2c(Cl)cnc(N=C(N)N)c2c1)c1ccccc1.NC(N)=Nc1ncc(Cl)c2ccc(C(=O)NC(c3ccccc3)C(O)O)cc12. The minimum Gasteiger partial charge on any atom is -0.370 e. The fourth-order valence-electron chi connectivity index (χ4n) is 7.84. The van der Waals surface area contributed by atoms with Crippen molar-refractivity contribution in [1.82, 2.24) is 30.9 Å². The smallest absolute Gasteiger partial charge is 0.251 e. The number of pyridine rings is 3. The molecule has 392 valence electrons. The van der Waals surface area contributed by atoms with Gasteiger partial charge in [0.2, 0.25) is 0 Å². The van der Waals surface area contributed by atoms with Crippen LogP contribution < -0.4 is 38.9 Å². The first-order chi connectivity index (χ1) is 36.9. The van der Waals surface area contributed by atoms with Crippen LogP contribution in [0.4, 0.5) is 11.6 Å². The van der Waals surface area contributed by atoms with Gasteiger partial charge in [-0.25, -0.2) is 15.0 Å². The molecule has 77 heavy (non-hydrogen) atoms. The van der Waals surface area contributed by atoms with Crippen molar-refractivity contribution in [2.24, 2.45) is 32.9 Å². The molecular weight excluding hydrogens is 1060 g/mol. The molecule has 0 aliphatic heterocycles. The first-order valence-corrected chi connectivity index (χ1v) is 24.9. The van der Waals surface area contributed by atoms with Gasteiger partial charge in [0, 0.05) is 67.6 Å². The van der Waals surface area contributed by atoms with Gasteiger partial charge in [0.25, 0.3) is 17.7 Å². The van der Waals surface area contributed by atoms with Crippen molar-refractivity contribution in [2.45, 2.75) is 38.3 Å². The molecule has 0 aliphatic rings. The number of guanidine groups is 2. The Hall–Kier alpha value is -8.42. The predicted octanol–water partition coefficient (Wildman–Crippen LogP) is 9.89. The average Bonchev–Trinajstić information content (AvgIpc) is 3.43. The van der Waals surface area contributed by atoms with Crippen LogP contribution in [0.3, 0.4) is 0 Å². The topological polar surface area (TPSA) is 295 Å². The normalized spacial score (nSPS) is 12.0. The van der Waals surface area contributed by atoms with Crippen LogP contribution in [0.15, 0.2) is 174 Å². The van der Waals surface area contributed by atoms with E-state index in [1.807, 2.05) is 74.5 Å². The predicted molar refractivity (Wildman–Crippen MR) is 306 cm³/mol. The molecule has 3 amide bonds. The van der Waals surface area contributed by atoms with Gasteiger partial charge in [0.05, 0.1) is 27.2 Å². The summed E-state index contributed by atoms with van der Waals surface area (Å²) in [6, 6.07) is 42.1. The molecule has 0 fully saturated rings. The molecule has 3 unspecified atom stereocenters. The second kappa shape index (κ2) is 25.9. The van der Waals surface area contributed by atoms with E-state index in [0.717, 1.165) is 16.5 Å². The largest absolute Gasteiger partial charge is 0.370 e. The minimum atomic E-state index is -1.78. The summed E-state index contributed by atoms with van der Waals surface area (Å²) < 4.78 is 0. The van der Waals surface area contributed by atoms with E-state index in [2.05, 4.69) is 40.9 Å². The Labute approximate surface area is 462 Å². The molecule has 3 atom stereocenters. The molecule has 9 aromatic rings. The third-order valence-electron chi connectivity index (χ3n) is 11.7. The van der Waals surface area contributed by atoms with E-state index in [1.165, 1.54) is 24.7 Å². The lowest BCUT2D eigenvalue weighted by Crippen LogP contribution is -2.36. The van der Waals surface area contributed by atoms with Crippen molar-refractivity contribution < 1.29 is 24.6 Å². The van der Waals surface area contributed by atoms with E-state index in [4.69, 9.17) is 69.3 Å². The lowest BCUT2D eigenvalue weighted by Gasteiger charge is -2.21. The third-order valence-corrected chi connectivity index (χ3v) is 12.9. The number of hydrogen-bond acceptors (Lipinski definition) is 10. The lowest BCUT2D eigenvalue weighted by molar-refractivity contribution is -0.0661. The second-order valence-corrected chi connectivity index (χ2v) is 18.7. The van der Waals surface area contributed by atoms with Gasteiger partial charge in [0.1, 0.15) is 11.2 Å². The fraction of sp³-hybridized carbons (Fsp3) is 0.107. The Morgan fingerprint density at radius 3 is 1.17 bits per heavy atom. The van der Waals surface area contributed by atoms with Crippen LogP contribution in [0.1, 0.15) is 79.7 Å². The molecule has 0 bridgehead atoms. The van der Waals surface area contributed by atoms with Crippen molar-refractivity contribution in [1.29, 1.82) is 0 Å². The quantitative estimate of drug-likeness (QED) is 0.0239. The van der Waals surface area contributed by atoms with Gasteiger partial charge in [-0.05, 0) is 66.9 Å². The average molecular weight is 1110 g/mol. The molecule has 0 radical (unpaired) electrons. The van der Waals surface area contributed by atoms with Gasteiger partial charge in [-0.15, -0.1) is 0 Å². The summed E-state index contributed by atoms with van der Waals surface area (Å²) in [5.41, 5.74) is 25.6. The maximum Gasteiger partial charge on any atom is 0.251 e. The summed E-state index contributed by atoms with van der Waals surface area (Å²) in [7, 11) is 0. The van der Waals surface area contributed by atoms with Crippen molar-refractivity contribution >= 4 is 120 Å². The Morgan fingerprint density at radius 2 is 0.792 bits per heavy atom. The summed E-state index contributed by atoms with van der Waals surface area (Å²) in [5, 5.41) is 33.5. The number of carbonyl (C=O) groups is 3. The maximum atomic E-state index is 12.7. The first-order valence-electron chi connectivity index (χ1n) is 23.4. The Kier molecular flexibility index (Phi) is 18.9. The van der Waals surface area contributed by atoms with Crippen LogP contribution in [-0.4, -0.2) is 61.1 Å². The highest BCUT2D eigenvalue weighted by atomic mass is 35.5. The van der Waals surface area contributed by atoms with E-state index in [1.54, 1.807) is 78.9 Å². The Bertz CT molecular complexity index is 3640. The molecule has 6 aromatic carbocycles. The van der Waals surface area contributed by atoms with Gasteiger partial charge in [-0.1, -0.05) is 156 Å². The van der Waals surface area contributed by atoms with Crippen molar-refractivity contribution in [3.8, 4) is 0 Å². The van der Waals surface area contributed by atoms with E-state index in [0.29, 0.717) is 69.7 Å². The molecule has 0 spiro atoms. The van der Waals surface area contributed by atoms with Crippen LogP contribution >= 0.6 is 46.4 Å². The van der Waals surface area contributed by atoms with E-state index < -0.39 is 18.2 Å². The Balaban J connectivity index is 0.000000169. The van der Waals surface area contributed by atoms with Gasteiger partial charge in [-0.2, -0.15) is 9.98 Å². The van der Waals surface area contributed by atoms with Crippen LogP contribution in [0.5, 0.6) is 0 Å². The zero-order valence-electron chi connectivity index (χ0n) is 41.1. The monoisotopic (exact) mass is 1110 g/mol. The fourth-order valence-corrected chi connectivity index (χ4v) is 8.68. The highest BCUT2D eigenvalue weighted by Gasteiger charge is 2.23. The number of aliphatic hydroxyl groups is 2. The van der Waals surface area contributed by atoms with Crippen LogP contribution in [0.25, 0.3) is 32.3 Å². The molecule has 0 saturated heterocycles. The molecule has 9 rings (SSSR count). The molecule has 21 heteroatoms. The molecule has 17 nitrogen and oxygen atoms in total. The number of fused-ring (bicyclic) bond motifs is 3. The number of amides is 3. The number of carbonyl (C=O) groups excluding carboxylic acids is 3. The number of halogens is 4. The summed E-state index contributed by atoms with van der Waals surface area (Å²) in [4.78, 5) is 58.0. The number of nitrogens with two attached hydrogens (primary N) is 4. The molecule has 3 heterocycles. The van der Waals surface area contributed by atoms with Crippen molar-refractivity contribution in [2.75, 3.05) is 0 Å². The number of nitrogens with one attached hydrogen (secondary N) is 3. The molecule has 0 saturated carbocycles. The zero-order valence-corrected chi connectivity index (χ0v) is 44.1. The summed E-state index contributed by atoms with van der Waals surface area (Å²) in [6.45, 7) is 3.87. The third kappa shape index (κ3) is 14.5. The number of aliphatic hydroxyl groups excluding tert-OH is 1.